The van der Waals surface area contributed by atoms with Gasteiger partial charge in [0.2, 0.25) is 12.3 Å². The summed E-state index contributed by atoms with van der Waals surface area (Å²) in [6.45, 7) is 0.328. The van der Waals surface area contributed by atoms with Gasteiger partial charge in [-0.25, -0.2) is 87.8 Å². The van der Waals surface area contributed by atoms with Gasteiger partial charge in [0, 0.05) is 17.0 Å². The highest BCUT2D eigenvalue weighted by Crippen LogP contribution is 2.37. The van der Waals surface area contributed by atoms with Crippen LogP contribution >= 0.6 is 0 Å². The average Bonchev–Trinajstić information content (AvgIpc) is 3.40. The van der Waals surface area contributed by atoms with E-state index in [9.17, 15) is 57.5 Å². The SMILES string of the molecule is Fc1c(F)c(F)c([B-](c2c(F)c(F)c(F)c(F)c2F)(c2c(F)c(F)c(F)c(F)c2F)c2c(F)c(F)c(F)c(F)c2F)c(F)c1F.O=C(C[n+]1ccc2ccccc2c1)c1ccc2ccc3cccc4ccc1c2c34. The van der Waals surface area contributed by atoms with Crippen molar-refractivity contribution in [1.29, 1.82) is 0 Å². The second-order valence-corrected chi connectivity index (χ2v) is 16.4. The zero-order valence-electron chi connectivity index (χ0n) is 35.9. The molecule has 9 aromatic carbocycles. The van der Waals surface area contributed by atoms with E-state index in [0.29, 0.717) is 6.54 Å². The Hall–Kier alpha value is -8.24. The molecule has 0 bridgehead atoms. The van der Waals surface area contributed by atoms with E-state index >= 15 is 35.1 Å². The highest BCUT2D eigenvalue weighted by molar-refractivity contribution is 7.20. The van der Waals surface area contributed by atoms with Crippen LogP contribution in [0.1, 0.15) is 10.4 Å². The summed E-state index contributed by atoms with van der Waals surface area (Å²) >= 11 is 0. The molecule has 23 heteroatoms. The minimum absolute atomic E-state index is 0.128. The third-order valence-electron chi connectivity index (χ3n) is 12.6. The lowest BCUT2D eigenvalue weighted by Crippen LogP contribution is -2.81. The van der Waals surface area contributed by atoms with Crippen molar-refractivity contribution in [2.24, 2.45) is 0 Å². The molecular formula is C51H18BF20NO. The molecule has 0 aliphatic heterocycles. The van der Waals surface area contributed by atoms with Crippen LogP contribution < -0.4 is 26.4 Å². The summed E-state index contributed by atoms with van der Waals surface area (Å²) in [7, 11) is 0. The summed E-state index contributed by atoms with van der Waals surface area (Å²) in [5.41, 5.74) is -13.5. The molecule has 10 rings (SSSR count). The Kier molecular flexibility index (Phi) is 12.6. The van der Waals surface area contributed by atoms with E-state index in [1.807, 2.05) is 35.2 Å². The number of hydrogen-bond donors (Lipinski definition) is 0. The second-order valence-electron chi connectivity index (χ2n) is 16.4. The number of carbonyl (C=O) groups is 1. The Morgan fingerprint density at radius 2 is 0.635 bits per heavy atom. The van der Waals surface area contributed by atoms with Gasteiger partial charge in [-0.05, 0) is 49.8 Å². The van der Waals surface area contributed by atoms with E-state index in [1.165, 1.54) is 32.3 Å². The summed E-state index contributed by atoms with van der Waals surface area (Å²) < 4.78 is 296. The normalized spacial score (nSPS) is 11.9. The number of hydrogen-bond acceptors (Lipinski definition) is 1. The largest absolute Gasteiger partial charge is 0.287 e. The number of fused-ring (bicyclic) bond motifs is 1. The molecule has 0 atom stereocenters. The lowest BCUT2D eigenvalue weighted by Gasteiger charge is -2.44. The number of aromatic nitrogens is 1. The maximum atomic E-state index is 15.4. The molecule has 376 valence electrons. The highest BCUT2D eigenvalue weighted by atomic mass is 19.2. The molecule has 0 spiro atoms. The van der Waals surface area contributed by atoms with E-state index in [-0.39, 0.29) is 5.78 Å². The lowest BCUT2D eigenvalue weighted by molar-refractivity contribution is -0.681. The molecule has 0 aliphatic rings. The zero-order chi connectivity index (χ0) is 53.7. The minimum atomic E-state index is -7.22. The molecule has 0 fully saturated rings. The Bertz CT molecular complexity index is 3640. The fourth-order valence-corrected chi connectivity index (χ4v) is 9.38. The lowest BCUT2D eigenvalue weighted by atomic mass is 9.12. The van der Waals surface area contributed by atoms with Crippen LogP contribution in [-0.2, 0) is 6.54 Å². The van der Waals surface area contributed by atoms with Crippen LogP contribution in [0, 0.1) is 116 Å². The van der Waals surface area contributed by atoms with Gasteiger partial charge in [0.1, 0.15) is 52.7 Å². The maximum Gasteiger partial charge on any atom is 0.228 e. The number of halogens is 20. The van der Waals surface area contributed by atoms with Gasteiger partial charge >= 0.3 is 0 Å². The van der Waals surface area contributed by atoms with Crippen molar-refractivity contribution in [3.8, 4) is 0 Å². The van der Waals surface area contributed by atoms with Crippen molar-refractivity contribution in [2.75, 3.05) is 0 Å². The number of carbonyl (C=O) groups excluding carboxylic acids is 1. The molecule has 1 heterocycles. The number of benzene rings is 9. The number of ketones is 1. The molecule has 0 unspecified atom stereocenters. The first-order valence-corrected chi connectivity index (χ1v) is 20.8. The predicted octanol–water partition coefficient (Wildman–Crippen LogP) is 11.8. The summed E-state index contributed by atoms with van der Waals surface area (Å²) in [5.74, 6) is -71.3. The van der Waals surface area contributed by atoms with E-state index in [1.54, 1.807) is 0 Å². The minimum Gasteiger partial charge on any atom is -0.287 e. The monoisotopic (exact) mass is 1050 g/mol. The summed E-state index contributed by atoms with van der Waals surface area (Å²) in [4.78, 5) is 13.3. The Labute approximate surface area is 399 Å². The van der Waals surface area contributed by atoms with Gasteiger partial charge in [-0.2, -0.15) is 4.57 Å². The van der Waals surface area contributed by atoms with Crippen molar-refractivity contribution in [3.63, 3.8) is 0 Å². The average molecular weight is 1050 g/mol. The van der Waals surface area contributed by atoms with Crippen LogP contribution in [0.5, 0.6) is 0 Å². The fourth-order valence-electron chi connectivity index (χ4n) is 9.38. The van der Waals surface area contributed by atoms with Crippen molar-refractivity contribution >= 4 is 76.9 Å². The molecule has 0 N–H and O–H groups in total. The zero-order valence-corrected chi connectivity index (χ0v) is 35.9. The van der Waals surface area contributed by atoms with Crippen LogP contribution in [0.25, 0.3) is 43.1 Å². The topological polar surface area (TPSA) is 20.9 Å². The molecule has 0 aliphatic carbocycles. The van der Waals surface area contributed by atoms with Crippen molar-refractivity contribution < 1.29 is 97.2 Å². The Morgan fingerprint density at radius 3 is 1.03 bits per heavy atom. The smallest absolute Gasteiger partial charge is 0.228 e. The number of nitrogens with zero attached hydrogens (tertiary/aromatic N) is 1. The van der Waals surface area contributed by atoms with E-state index in [2.05, 4.69) is 66.7 Å². The van der Waals surface area contributed by atoms with Gasteiger partial charge < -0.3 is 0 Å². The third-order valence-corrected chi connectivity index (χ3v) is 12.6. The first kappa shape index (κ1) is 50.7. The van der Waals surface area contributed by atoms with Gasteiger partial charge in [0.05, 0.1) is 0 Å². The first-order valence-electron chi connectivity index (χ1n) is 20.8. The molecular weight excluding hydrogens is 1030 g/mol. The molecule has 0 radical (unpaired) electrons. The molecule has 74 heavy (non-hydrogen) atoms. The number of Topliss-reactive ketones (excluding diaryl/α,β-unsaturated/α-hetero) is 1. The predicted molar refractivity (Wildman–Crippen MR) is 228 cm³/mol. The van der Waals surface area contributed by atoms with Gasteiger partial charge in [-0.15, -0.1) is 21.9 Å². The second kappa shape index (κ2) is 18.4. The van der Waals surface area contributed by atoms with Gasteiger partial charge in [-0.3, -0.25) is 4.79 Å². The molecule has 0 amide bonds. The molecule has 1 aromatic heterocycles. The van der Waals surface area contributed by atoms with E-state index in [4.69, 9.17) is 0 Å². The van der Waals surface area contributed by atoms with Crippen molar-refractivity contribution in [1.82, 2.24) is 0 Å². The standard InChI is InChI=1S/C27H18NO.C24BF20/c29-25(17-28-15-14-18-4-1-2-5-22(18)16-28)23-12-10-21-9-8-19-6-3-7-20-11-13-24(23)27(21)26(19)20;26-5-1(6(27)14(35)21(42)13(5)34)25(2-7(28)15(36)22(43)16(37)8(2)29,3-9(30)17(38)23(44)18(39)10(3)31)4-11(32)19(40)24(45)20(41)12(4)33/h1-16H,17H2;/q+1;-1. The van der Waals surface area contributed by atoms with Crippen LogP contribution in [0.15, 0.2) is 97.3 Å². The van der Waals surface area contributed by atoms with Crippen LogP contribution in [-0.4, -0.2) is 11.9 Å². The number of pyridine rings is 1. The van der Waals surface area contributed by atoms with E-state index < -0.39 is 144 Å². The van der Waals surface area contributed by atoms with Gasteiger partial charge in [0.15, 0.2) is 82.2 Å². The highest BCUT2D eigenvalue weighted by Gasteiger charge is 2.52. The third kappa shape index (κ3) is 7.36. The maximum absolute atomic E-state index is 15.4. The van der Waals surface area contributed by atoms with Crippen LogP contribution in [0.4, 0.5) is 87.8 Å². The quantitative estimate of drug-likeness (QED) is 0.0296. The van der Waals surface area contributed by atoms with Crippen molar-refractivity contribution in [2.45, 2.75) is 6.54 Å². The number of rotatable bonds is 7. The van der Waals surface area contributed by atoms with Crippen LogP contribution in [0.2, 0.25) is 0 Å². The molecule has 2 nitrogen and oxygen atoms in total. The first-order chi connectivity index (χ1) is 35.0. The summed E-state index contributed by atoms with van der Waals surface area (Å²) in [6.07, 6.45) is -3.19. The summed E-state index contributed by atoms with van der Waals surface area (Å²) in [5, 5.41) is 9.41. The Balaban J connectivity index is 0.000000198. The van der Waals surface area contributed by atoms with Gasteiger partial charge in [-0.1, -0.05) is 66.7 Å². The van der Waals surface area contributed by atoms with Crippen molar-refractivity contribution in [3.05, 3.63) is 219 Å². The molecule has 10 aromatic rings. The molecule has 0 saturated carbocycles. The van der Waals surface area contributed by atoms with Gasteiger partial charge in [0.25, 0.3) is 0 Å². The molecule has 0 saturated heterocycles. The Morgan fingerprint density at radius 1 is 0.324 bits per heavy atom. The van der Waals surface area contributed by atoms with Crippen LogP contribution in [0.3, 0.4) is 0 Å². The van der Waals surface area contributed by atoms with E-state index in [0.717, 1.165) is 16.3 Å². The summed E-state index contributed by atoms with van der Waals surface area (Å²) in [6, 6.07) is 29.2. The fraction of sp³-hybridized carbons (Fsp3) is 0.0196.